The molecule has 5 nitrogen and oxygen atoms in total. The van der Waals surface area contributed by atoms with Crippen LogP contribution in [0, 0.1) is 0 Å². The molecule has 22 heavy (non-hydrogen) atoms. The molecular weight excluding hydrogens is 298 g/mol. The van der Waals surface area contributed by atoms with Crippen molar-refractivity contribution >= 4 is 17.2 Å². The molecule has 0 atom stereocenters. The summed E-state index contributed by atoms with van der Waals surface area (Å²) in [7, 11) is 0. The zero-order valence-electron chi connectivity index (χ0n) is 12.3. The number of morpholine rings is 1. The fourth-order valence-electron chi connectivity index (χ4n) is 2.33. The van der Waals surface area contributed by atoms with E-state index in [-0.39, 0.29) is 5.91 Å². The van der Waals surface area contributed by atoms with Gasteiger partial charge in [-0.25, -0.2) is 4.98 Å². The Balaban J connectivity index is 1.51. The summed E-state index contributed by atoms with van der Waals surface area (Å²) >= 11 is 1.49. The molecule has 0 saturated carbocycles. The lowest BCUT2D eigenvalue weighted by Crippen LogP contribution is -2.41. The maximum Gasteiger partial charge on any atom is 0.270 e. The van der Waals surface area contributed by atoms with Gasteiger partial charge >= 0.3 is 0 Å². The molecule has 3 rings (SSSR count). The summed E-state index contributed by atoms with van der Waals surface area (Å²) in [5.74, 6) is -0.105. The number of hydrogen-bond acceptors (Lipinski definition) is 5. The number of aromatic nitrogens is 1. The minimum Gasteiger partial charge on any atom is -0.379 e. The van der Waals surface area contributed by atoms with E-state index < -0.39 is 0 Å². The first-order chi connectivity index (χ1) is 10.8. The second-order valence-corrected chi connectivity index (χ2v) is 5.97. The Morgan fingerprint density at radius 3 is 2.82 bits per heavy atom. The van der Waals surface area contributed by atoms with E-state index in [0.29, 0.717) is 12.2 Å². The Labute approximate surface area is 133 Å². The summed E-state index contributed by atoms with van der Waals surface area (Å²) in [5.41, 5.74) is 1.53. The average molecular weight is 317 g/mol. The van der Waals surface area contributed by atoms with Crippen LogP contribution in [0.25, 0.3) is 10.6 Å². The van der Waals surface area contributed by atoms with Crippen molar-refractivity contribution in [2.45, 2.75) is 0 Å². The van der Waals surface area contributed by atoms with E-state index in [1.165, 1.54) is 11.3 Å². The molecule has 0 aliphatic carbocycles. The molecule has 116 valence electrons. The number of hydrogen-bond donors (Lipinski definition) is 1. The highest BCUT2D eigenvalue weighted by Crippen LogP contribution is 2.23. The van der Waals surface area contributed by atoms with Gasteiger partial charge < -0.3 is 10.1 Å². The third-order valence-corrected chi connectivity index (χ3v) is 4.47. The van der Waals surface area contributed by atoms with Gasteiger partial charge in [0.1, 0.15) is 10.7 Å². The van der Waals surface area contributed by atoms with Gasteiger partial charge in [0.05, 0.1) is 13.2 Å². The molecule has 1 N–H and O–H groups in total. The lowest BCUT2D eigenvalue weighted by Gasteiger charge is -2.26. The van der Waals surface area contributed by atoms with Crippen LogP contribution >= 0.6 is 11.3 Å². The van der Waals surface area contributed by atoms with E-state index in [2.05, 4.69) is 15.2 Å². The van der Waals surface area contributed by atoms with Crippen molar-refractivity contribution < 1.29 is 9.53 Å². The first-order valence-electron chi connectivity index (χ1n) is 7.42. The number of nitrogens with zero attached hydrogens (tertiary/aromatic N) is 2. The van der Waals surface area contributed by atoms with Crippen molar-refractivity contribution in [2.24, 2.45) is 0 Å². The first kappa shape index (κ1) is 15.1. The summed E-state index contributed by atoms with van der Waals surface area (Å²) < 4.78 is 5.30. The molecule has 0 spiro atoms. The Bertz CT molecular complexity index is 609. The average Bonchev–Trinajstić information content (AvgIpc) is 3.07. The van der Waals surface area contributed by atoms with Gasteiger partial charge in [0, 0.05) is 37.1 Å². The number of carbonyl (C=O) groups is 1. The molecule has 1 amide bonds. The minimum absolute atomic E-state index is 0.105. The predicted octanol–water partition coefficient (Wildman–Crippen LogP) is 1.87. The van der Waals surface area contributed by atoms with Gasteiger partial charge in [0.2, 0.25) is 0 Å². The smallest absolute Gasteiger partial charge is 0.270 e. The number of benzene rings is 1. The molecule has 1 saturated heterocycles. The third kappa shape index (κ3) is 3.91. The van der Waals surface area contributed by atoms with Crippen LogP contribution in [0.15, 0.2) is 35.7 Å². The van der Waals surface area contributed by atoms with Crippen molar-refractivity contribution in [3.05, 3.63) is 41.4 Å². The van der Waals surface area contributed by atoms with Crippen LogP contribution in [0.2, 0.25) is 0 Å². The van der Waals surface area contributed by atoms with Crippen LogP contribution < -0.4 is 5.32 Å². The van der Waals surface area contributed by atoms with Crippen molar-refractivity contribution in [2.75, 3.05) is 39.4 Å². The molecule has 0 radical (unpaired) electrons. The van der Waals surface area contributed by atoms with Crippen LogP contribution in [0.3, 0.4) is 0 Å². The summed E-state index contributed by atoms with van der Waals surface area (Å²) in [4.78, 5) is 18.8. The van der Waals surface area contributed by atoms with Crippen LogP contribution in [0.1, 0.15) is 10.5 Å². The van der Waals surface area contributed by atoms with Crippen LogP contribution in [0.4, 0.5) is 0 Å². The Hall–Kier alpha value is -1.76. The highest BCUT2D eigenvalue weighted by atomic mass is 32.1. The molecule has 1 aromatic carbocycles. The van der Waals surface area contributed by atoms with E-state index in [1.807, 2.05) is 35.7 Å². The fraction of sp³-hybridized carbons (Fsp3) is 0.375. The maximum atomic E-state index is 12.1. The molecule has 1 aromatic heterocycles. The lowest BCUT2D eigenvalue weighted by molar-refractivity contribution is 0.0383. The molecule has 6 heteroatoms. The van der Waals surface area contributed by atoms with Gasteiger partial charge in [0.15, 0.2) is 0 Å². The normalized spacial score (nSPS) is 15.6. The molecule has 0 bridgehead atoms. The fourth-order valence-corrected chi connectivity index (χ4v) is 3.14. The number of amides is 1. The van der Waals surface area contributed by atoms with Gasteiger partial charge in [-0.3, -0.25) is 9.69 Å². The predicted molar refractivity (Wildman–Crippen MR) is 87.1 cm³/mol. The topological polar surface area (TPSA) is 54.5 Å². The Morgan fingerprint density at radius 1 is 1.27 bits per heavy atom. The number of ether oxygens (including phenoxy) is 1. The number of thiazole rings is 1. The standard InChI is InChI=1S/C16H19N3O2S/c20-15(17-6-7-19-8-10-21-11-9-19)14-12-22-16(18-14)13-4-2-1-3-5-13/h1-5,12H,6-11H2,(H,17,20). The van der Waals surface area contributed by atoms with E-state index in [1.54, 1.807) is 0 Å². The summed E-state index contributed by atoms with van der Waals surface area (Å²) in [5, 5.41) is 5.62. The molecule has 1 aliphatic heterocycles. The molecule has 2 heterocycles. The summed E-state index contributed by atoms with van der Waals surface area (Å²) in [6, 6.07) is 9.91. The second-order valence-electron chi connectivity index (χ2n) is 5.11. The summed E-state index contributed by atoms with van der Waals surface area (Å²) in [6.07, 6.45) is 0. The molecule has 1 aliphatic rings. The third-order valence-electron chi connectivity index (χ3n) is 3.57. The molecule has 2 aromatic rings. The highest BCUT2D eigenvalue weighted by molar-refractivity contribution is 7.13. The largest absolute Gasteiger partial charge is 0.379 e. The first-order valence-corrected chi connectivity index (χ1v) is 8.30. The van der Waals surface area contributed by atoms with Crippen molar-refractivity contribution in [1.29, 1.82) is 0 Å². The lowest BCUT2D eigenvalue weighted by atomic mass is 10.2. The van der Waals surface area contributed by atoms with Crippen molar-refractivity contribution in [3.63, 3.8) is 0 Å². The Kier molecular flexibility index (Phi) is 5.15. The minimum atomic E-state index is -0.105. The molecule has 0 unspecified atom stereocenters. The van der Waals surface area contributed by atoms with Crippen LogP contribution in [0.5, 0.6) is 0 Å². The monoisotopic (exact) mass is 317 g/mol. The number of rotatable bonds is 5. The van der Waals surface area contributed by atoms with Gasteiger partial charge in [-0.1, -0.05) is 30.3 Å². The molecular formula is C16H19N3O2S. The highest BCUT2D eigenvalue weighted by Gasteiger charge is 2.13. The van der Waals surface area contributed by atoms with Crippen molar-refractivity contribution in [3.8, 4) is 10.6 Å². The zero-order chi connectivity index (χ0) is 15.2. The van der Waals surface area contributed by atoms with E-state index >= 15 is 0 Å². The number of nitrogens with one attached hydrogen (secondary N) is 1. The van der Waals surface area contributed by atoms with E-state index in [9.17, 15) is 4.79 Å². The van der Waals surface area contributed by atoms with E-state index in [4.69, 9.17) is 4.74 Å². The zero-order valence-corrected chi connectivity index (χ0v) is 13.1. The number of carbonyl (C=O) groups excluding carboxylic acids is 1. The molecule has 1 fully saturated rings. The van der Waals surface area contributed by atoms with Crippen LogP contribution in [-0.4, -0.2) is 55.2 Å². The second kappa shape index (κ2) is 7.49. The summed E-state index contributed by atoms with van der Waals surface area (Å²) in [6.45, 7) is 4.91. The van der Waals surface area contributed by atoms with Crippen LogP contribution in [-0.2, 0) is 4.74 Å². The van der Waals surface area contributed by atoms with E-state index in [0.717, 1.165) is 43.4 Å². The van der Waals surface area contributed by atoms with Crippen molar-refractivity contribution in [1.82, 2.24) is 15.2 Å². The quantitative estimate of drug-likeness (QED) is 0.915. The SMILES string of the molecule is O=C(NCCN1CCOCC1)c1csc(-c2ccccc2)n1. The Morgan fingerprint density at radius 2 is 2.05 bits per heavy atom. The van der Waals surface area contributed by atoms with Gasteiger partial charge in [-0.2, -0.15) is 0 Å². The maximum absolute atomic E-state index is 12.1. The van der Waals surface area contributed by atoms with Gasteiger partial charge in [0.25, 0.3) is 5.91 Å². The van der Waals surface area contributed by atoms with Gasteiger partial charge in [-0.15, -0.1) is 11.3 Å². The van der Waals surface area contributed by atoms with Gasteiger partial charge in [-0.05, 0) is 0 Å².